The molecule has 2 amide bonds. The number of carboxylic acids is 2. The first-order chi connectivity index (χ1) is 7.29. The molecule has 1 rings (SSSR count). The molecule has 88 valence electrons. The average Bonchev–Trinajstić information content (AvgIpc) is 1.97. The fourth-order valence-electron chi connectivity index (χ4n) is 2.07. The van der Waals surface area contributed by atoms with E-state index in [4.69, 9.17) is 21.7 Å². The smallest absolute Gasteiger partial charge is 0.308 e. The minimum absolute atomic E-state index is 1.03. The van der Waals surface area contributed by atoms with Crippen molar-refractivity contribution < 1.29 is 29.4 Å². The van der Waals surface area contributed by atoms with Gasteiger partial charge in [-0.15, -0.1) is 0 Å². The van der Waals surface area contributed by atoms with Crippen LogP contribution in [0.5, 0.6) is 0 Å². The summed E-state index contributed by atoms with van der Waals surface area (Å²) in [4.78, 5) is 43.4. The first-order valence-electron chi connectivity index (χ1n) is 4.33. The zero-order valence-electron chi connectivity index (χ0n) is 7.99. The van der Waals surface area contributed by atoms with Crippen molar-refractivity contribution in [2.45, 2.75) is 0 Å². The highest BCUT2D eigenvalue weighted by atomic mass is 16.4. The Kier molecular flexibility index (Phi) is 2.84. The number of carbonyl (C=O) groups excluding carboxylic acids is 2. The fraction of sp³-hybridized carbons (Fsp3) is 0.500. The molecule has 1 saturated carbocycles. The van der Waals surface area contributed by atoms with Crippen molar-refractivity contribution in [3.63, 3.8) is 0 Å². The van der Waals surface area contributed by atoms with Crippen molar-refractivity contribution in [2.24, 2.45) is 35.1 Å². The second-order valence-corrected chi connectivity index (χ2v) is 3.58. The number of carbonyl (C=O) groups is 4. The number of amides is 2. The number of carboxylic acid groups (broad SMARTS) is 2. The number of aliphatic carboxylic acids is 2. The van der Waals surface area contributed by atoms with Crippen LogP contribution in [0, 0.1) is 23.7 Å². The van der Waals surface area contributed by atoms with Crippen molar-refractivity contribution in [2.75, 3.05) is 0 Å². The Labute approximate surface area is 89.2 Å². The molecule has 0 saturated heterocycles. The molecular weight excluding hydrogens is 220 g/mol. The van der Waals surface area contributed by atoms with Crippen LogP contribution in [0.3, 0.4) is 0 Å². The molecule has 16 heavy (non-hydrogen) atoms. The maximum absolute atomic E-state index is 10.9. The average molecular weight is 230 g/mol. The fourth-order valence-corrected chi connectivity index (χ4v) is 2.07. The van der Waals surface area contributed by atoms with Gasteiger partial charge in [-0.3, -0.25) is 19.2 Å². The van der Waals surface area contributed by atoms with Crippen LogP contribution in [0.15, 0.2) is 0 Å². The SMILES string of the molecule is NC(=O)C1C(C(N)=O)C(C(=O)O)C1C(=O)O. The van der Waals surface area contributed by atoms with E-state index in [1.54, 1.807) is 0 Å². The number of rotatable bonds is 4. The van der Waals surface area contributed by atoms with Gasteiger partial charge >= 0.3 is 11.9 Å². The molecule has 1 aliphatic rings. The lowest BCUT2D eigenvalue weighted by molar-refractivity contribution is -0.180. The van der Waals surface area contributed by atoms with Crippen LogP contribution < -0.4 is 11.5 Å². The van der Waals surface area contributed by atoms with Gasteiger partial charge in [0.2, 0.25) is 11.8 Å². The molecule has 4 atom stereocenters. The third kappa shape index (κ3) is 1.58. The van der Waals surface area contributed by atoms with Gasteiger partial charge < -0.3 is 21.7 Å². The Morgan fingerprint density at radius 3 is 1.06 bits per heavy atom. The zero-order chi connectivity index (χ0) is 12.6. The maximum atomic E-state index is 10.9. The van der Waals surface area contributed by atoms with Crippen molar-refractivity contribution in [1.82, 2.24) is 0 Å². The standard InChI is InChI=1S/C8H10N2O6/c9-5(11)1-2(6(10)12)4(8(15)16)3(1)7(13)14/h1-4H,(H2,9,11)(H2,10,12)(H,13,14)(H,15,16). The third-order valence-corrected chi connectivity index (χ3v) is 2.77. The summed E-state index contributed by atoms with van der Waals surface area (Å²) in [7, 11) is 0. The summed E-state index contributed by atoms with van der Waals surface area (Å²) in [6.07, 6.45) is 0. The minimum atomic E-state index is -1.49. The van der Waals surface area contributed by atoms with Crippen LogP contribution in [0.2, 0.25) is 0 Å². The van der Waals surface area contributed by atoms with Gasteiger partial charge in [-0.2, -0.15) is 0 Å². The molecule has 1 fully saturated rings. The van der Waals surface area contributed by atoms with Crippen molar-refractivity contribution >= 4 is 23.8 Å². The van der Waals surface area contributed by atoms with Gasteiger partial charge in [-0.1, -0.05) is 0 Å². The van der Waals surface area contributed by atoms with Crippen LogP contribution in [-0.4, -0.2) is 34.0 Å². The molecule has 8 heteroatoms. The predicted molar refractivity (Wildman–Crippen MR) is 47.6 cm³/mol. The van der Waals surface area contributed by atoms with Crippen molar-refractivity contribution in [3.05, 3.63) is 0 Å². The predicted octanol–water partition coefficient (Wildman–Crippen LogP) is -2.40. The molecule has 0 aromatic rings. The monoisotopic (exact) mass is 230 g/mol. The molecule has 0 bridgehead atoms. The van der Waals surface area contributed by atoms with Gasteiger partial charge in [-0.25, -0.2) is 0 Å². The number of nitrogens with two attached hydrogens (primary N) is 2. The Morgan fingerprint density at radius 1 is 0.688 bits per heavy atom. The highest BCUT2D eigenvalue weighted by Crippen LogP contribution is 2.46. The Hall–Kier alpha value is -2.12. The minimum Gasteiger partial charge on any atom is -0.481 e. The first-order valence-corrected chi connectivity index (χ1v) is 4.33. The molecular formula is C8H10N2O6. The van der Waals surface area contributed by atoms with E-state index in [0.29, 0.717) is 0 Å². The molecule has 0 radical (unpaired) electrons. The molecule has 0 spiro atoms. The second kappa shape index (κ2) is 3.80. The van der Waals surface area contributed by atoms with Gasteiger partial charge in [0.05, 0.1) is 23.7 Å². The summed E-state index contributed by atoms with van der Waals surface area (Å²) in [5.74, 6) is -10.7. The first kappa shape index (κ1) is 12.0. The van der Waals surface area contributed by atoms with Gasteiger partial charge in [-0.05, 0) is 0 Å². The summed E-state index contributed by atoms with van der Waals surface area (Å²) in [6.45, 7) is 0. The quantitative estimate of drug-likeness (QED) is 0.421. The summed E-state index contributed by atoms with van der Waals surface area (Å²) in [5.41, 5.74) is 9.83. The summed E-state index contributed by atoms with van der Waals surface area (Å²) in [6, 6.07) is 0. The highest BCUT2D eigenvalue weighted by molar-refractivity contribution is 5.98. The topological polar surface area (TPSA) is 161 Å². The van der Waals surface area contributed by atoms with E-state index < -0.39 is 47.4 Å². The highest BCUT2D eigenvalue weighted by Gasteiger charge is 2.62. The molecule has 0 heterocycles. The summed E-state index contributed by atoms with van der Waals surface area (Å²) < 4.78 is 0. The number of primary amides is 2. The molecule has 8 nitrogen and oxygen atoms in total. The van der Waals surface area contributed by atoms with Crippen molar-refractivity contribution in [1.29, 1.82) is 0 Å². The lowest BCUT2D eigenvalue weighted by atomic mass is 9.56. The number of hydrogen-bond donors (Lipinski definition) is 4. The van der Waals surface area contributed by atoms with Gasteiger partial charge in [0.1, 0.15) is 0 Å². The normalized spacial score (nSPS) is 32.5. The van der Waals surface area contributed by atoms with E-state index in [-0.39, 0.29) is 0 Å². The molecule has 0 aromatic heterocycles. The van der Waals surface area contributed by atoms with Gasteiger partial charge in [0.15, 0.2) is 0 Å². The Balaban J connectivity index is 3.08. The molecule has 4 unspecified atom stereocenters. The largest absolute Gasteiger partial charge is 0.481 e. The van der Waals surface area contributed by atoms with Crippen LogP contribution in [0.4, 0.5) is 0 Å². The summed E-state index contributed by atoms with van der Waals surface area (Å²) >= 11 is 0. The maximum Gasteiger partial charge on any atom is 0.308 e. The zero-order valence-corrected chi connectivity index (χ0v) is 7.99. The second-order valence-electron chi connectivity index (χ2n) is 3.58. The van der Waals surface area contributed by atoms with Gasteiger partial charge in [0, 0.05) is 0 Å². The van der Waals surface area contributed by atoms with Gasteiger partial charge in [0.25, 0.3) is 0 Å². The third-order valence-electron chi connectivity index (χ3n) is 2.77. The van der Waals surface area contributed by atoms with E-state index in [0.717, 1.165) is 0 Å². The van der Waals surface area contributed by atoms with E-state index in [9.17, 15) is 19.2 Å². The van der Waals surface area contributed by atoms with E-state index >= 15 is 0 Å². The Bertz CT molecular complexity index is 299. The summed E-state index contributed by atoms with van der Waals surface area (Å²) in [5, 5.41) is 17.5. The van der Waals surface area contributed by atoms with Crippen LogP contribution in [-0.2, 0) is 19.2 Å². The van der Waals surface area contributed by atoms with E-state index in [2.05, 4.69) is 0 Å². The molecule has 6 N–H and O–H groups in total. The van der Waals surface area contributed by atoms with Crippen LogP contribution in [0.1, 0.15) is 0 Å². The van der Waals surface area contributed by atoms with E-state index in [1.807, 2.05) is 0 Å². The van der Waals surface area contributed by atoms with E-state index in [1.165, 1.54) is 0 Å². The lowest BCUT2D eigenvalue weighted by Crippen LogP contribution is -2.62. The Morgan fingerprint density at radius 2 is 0.938 bits per heavy atom. The van der Waals surface area contributed by atoms with Crippen LogP contribution >= 0.6 is 0 Å². The van der Waals surface area contributed by atoms with Crippen LogP contribution in [0.25, 0.3) is 0 Å². The molecule has 0 aliphatic heterocycles. The lowest BCUT2D eigenvalue weighted by Gasteiger charge is -2.43. The molecule has 0 aromatic carbocycles. The number of hydrogen-bond acceptors (Lipinski definition) is 4. The van der Waals surface area contributed by atoms with Crippen molar-refractivity contribution in [3.8, 4) is 0 Å². The molecule has 1 aliphatic carbocycles.